The molecule has 0 fully saturated rings. The Balaban J connectivity index is 1.25. The van der Waals surface area contributed by atoms with Crippen LogP contribution < -0.4 is 24.8 Å². The molecule has 0 saturated carbocycles. The Morgan fingerprint density at radius 2 is 1.76 bits per heavy atom. The van der Waals surface area contributed by atoms with Crippen LogP contribution in [0.25, 0.3) is 17.2 Å². The number of phenols is 2. The fourth-order valence-corrected chi connectivity index (χ4v) is 8.36. The van der Waals surface area contributed by atoms with Gasteiger partial charge in [0.2, 0.25) is 0 Å². The van der Waals surface area contributed by atoms with Crippen LogP contribution in [0.1, 0.15) is 63.8 Å². The Kier molecular flexibility index (Phi) is 9.10. The van der Waals surface area contributed by atoms with E-state index in [0.717, 1.165) is 50.4 Å². The summed E-state index contributed by atoms with van der Waals surface area (Å²) in [7, 11) is 0. The number of aromatic hydroxyl groups is 2. The van der Waals surface area contributed by atoms with Crippen LogP contribution in [0.2, 0.25) is 0 Å². The van der Waals surface area contributed by atoms with Crippen LogP contribution in [0.15, 0.2) is 53.5 Å². The van der Waals surface area contributed by atoms with Gasteiger partial charge in [-0.05, 0) is 119 Å². The number of ether oxygens (including phenoxy) is 3. The lowest BCUT2D eigenvalue weighted by atomic mass is 9.72. The molecule has 3 aliphatic heterocycles. The molecule has 0 saturated heterocycles. The summed E-state index contributed by atoms with van der Waals surface area (Å²) in [6.45, 7) is 0.259. The maximum absolute atomic E-state index is 11.9. The van der Waals surface area contributed by atoms with E-state index < -0.39 is 12.2 Å². The van der Waals surface area contributed by atoms with Crippen LogP contribution in [0.4, 0.5) is 0 Å². The molecule has 1 aliphatic carbocycles. The molecule has 4 aromatic carbocycles. The van der Waals surface area contributed by atoms with Gasteiger partial charge in [0.05, 0.1) is 31.2 Å². The summed E-state index contributed by atoms with van der Waals surface area (Å²) in [5.41, 5.74) is 8.11. The molecule has 8 rings (SSSR count). The minimum absolute atomic E-state index is 0.0163. The van der Waals surface area contributed by atoms with Gasteiger partial charge in [0.15, 0.2) is 11.5 Å². The number of phenolic OH excluding ortho intramolecular Hbond substituents is 2. The van der Waals surface area contributed by atoms with E-state index in [1.807, 2.05) is 12.1 Å². The van der Waals surface area contributed by atoms with Gasteiger partial charge in [-0.25, -0.2) is 0 Å². The smallest absolute Gasteiger partial charge is 0.161 e. The van der Waals surface area contributed by atoms with Gasteiger partial charge >= 0.3 is 0 Å². The zero-order chi connectivity index (χ0) is 35.2. The molecule has 51 heavy (non-hydrogen) atoms. The van der Waals surface area contributed by atoms with Crippen LogP contribution in [0.3, 0.4) is 0 Å². The van der Waals surface area contributed by atoms with Gasteiger partial charge in [-0.1, -0.05) is 18.2 Å². The van der Waals surface area contributed by atoms with Crippen molar-refractivity contribution >= 4 is 6.08 Å². The highest BCUT2D eigenvalue weighted by Crippen LogP contribution is 2.56. The summed E-state index contributed by atoms with van der Waals surface area (Å²) in [4.78, 5) is 4.54. The molecular weight excluding hydrogens is 650 g/mol. The molecule has 0 aromatic heterocycles. The summed E-state index contributed by atoms with van der Waals surface area (Å²) in [6, 6.07) is 15.3. The highest BCUT2D eigenvalue weighted by molar-refractivity contribution is 5.85. The van der Waals surface area contributed by atoms with Crippen molar-refractivity contribution in [2.24, 2.45) is 4.99 Å². The number of benzene rings is 4. The number of hydrogen-bond acceptors (Lipinski definition) is 10. The molecule has 0 amide bonds. The van der Waals surface area contributed by atoms with Gasteiger partial charge in [0, 0.05) is 29.7 Å². The van der Waals surface area contributed by atoms with Crippen molar-refractivity contribution in [2.75, 3.05) is 33.0 Å². The van der Waals surface area contributed by atoms with Crippen molar-refractivity contribution in [2.45, 2.75) is 69.2 Å². The molecule has 0 radical (unpaired) electrons. The lowest BCUT2D eigenvalue weighted by Gasteiger charge is -2.40. The van der Waals surface area contributed by atoms with Crippen molar-refractivity contribution in [3.8, 4) is 39.9 Å². The average Bonchev–Trinajstić information content (AvgIpc) is 3.61. The van der Waals surface area contributed by atoms with Gasteiger partial charge in [0.1, 0.15) is 36.1 Å². The number of aliphatic hydroxyl groups is 4. The maximum atomic E-state index is 11.9. The SMILES string of the molecule is OCCCc1cc([C@H]2Oc3c(c4c(c5c3CC[C@H](CO)O5)-c3ccc(O)cc3[C@@H](Cc3ccc5c(c3)=CCN=5)C4)C[C@H]2O)cc(OCCO)c1O. The molecule has 10 nitrogen and oxygen atoms in total. The molecule has 4 atom stereocenters. The molecule has 3 heterocycles. The first kappa shape index (κ1) is 33.5. The quantitative estimate of drug-likeness (QED) is 0.147. The van der Waals surface area contributed by atoms with E-state index in [1.165, 1.54) is 5.56 Å². The summed E-state index contributed by atoms with van der Waals surface area (Å²) < 4.78 is 19.1. The van der Waals surface area contributed by atoms with Crippen molar-refractivity contribution in [3.05, 3.63) is 98.1 Å². The highest BCUT2D eigenvalue weighted by atomic mass is 16.5. The summed E-state index contributed by atoms with van der Waals surface area (Å²) in [6.07, 6.45) is 3.71. The number of aliphatic hydroxyl groups excluding tert-OH is 4. The Bertz CT molecular complexity index is 2080. The monoisotopic (exact) mass is 693 g/mol. The summed E-state index contributed by atoms with van der Waals surface area (Å²) in [5.74, 6) is 1.67. The third-order valence-electron chi connectivity index (χ3n) is 10.7. The highest BCUT2D eigenvalue weighted by Gasteiger charge is 2.41. The topological polar surface area (TPSA) is 161 Å². The minimum Gasteiger partial charge on any atom is -0.508 e. The Morgan fingerprint density at radius 1 is 0.882 bits per heavy atom. The molecule has 0 bridgehead atoms. The largest absolute Gasteiger partial charge is 0.508 e. The number of aryl methyl sites for hydroxylation is 1. The Morgan fingerprint density at radius 3 is 2.59 bits per heavy atom. The first-order chi connectivity index (χ1) is 24.9. The van der Waals surface area contributed by atoms with Crippen LogP contribution in [-0.2, 0) is 32.1 Å². The third kappa shape index (κ3) is 6.10. The van der Waals surface area contributed by atoms with E-state index >= 15 is 0 Å². The zero-order valence-electron chi connectivity index (χ0n) is 28.3. The third-order valence-corrected chi connectivity index (χ3v) is 10.7. The number of hydrogen-bond donors (Lipinski definition) is 6. The van der Waals surface area contributed by atoms with Gasteiger partial charge in [0.25, 0.3) is 0 Å². The van der Waals surface area contributed by atoms with Gasteiger partial charge in [-0.3, -0.25) is 4.99 Å². The molecule has 10 heteroatoms. The molecule has 0 spiro atoms. The Hall–Kier alpha value is -4.61. The average molecular weight is 694 g/mol. The molecule has 0 unspecified atom stereocenters. The van der Waals surface area contributed by atoms with E-state index in [-0.39, 0.29) is 55.7 Å². The normalized spacial score (nSPS) is 21.1. The van der Waals surface area contributed by atoms with Gasteiger partial charge in [-0.15, -0.1) is 0 Å². The minimum atomic E-state index is -0.939. The number of nitrogens with zero attached hydrogens (tertiary/aromatic N) is 1. The van der Waals surface area contributed by atoms with Crippen molar-refractivity contribution in [1.82, 2.24) is 0 Å². The lowest BCUT2D eigenvalue weighted by molar-refractivity contribution is 0.0180. The van der Waals surface area contributed by atoms with Crippen molar-refractivity contribution in [1.29, 1.82) is 0 Å². The first-order valence-electron chi connectivity index (χ1n) is 17.9. The van der Waals surface area contributed by atoms with E-state index in [2.05, 4.69) is 29.3 Å². The fraction of sp³-hybridized carbons (Fsp3) is 0.390. The standard InChI is InChI=1S/C41H43NO9/c43-11-1-2-24-16-26(18-36(38(24)48)49-13-12-44)39-35(47)20-33-32-17-25(15-22-3-8-34-23(14-22)9-10-42-34)31-19-27(46)4-6-29(31)37(32)41-30(40(33)51-39)7-5-28(21-45)50-41/h3-4,6,8-9,14,16,18-19,25,28,35,39,43-48H,1-2,5,7,10-13,15,17,20-21H2/t25-,28+,35+,39+/m0/s1. The van der Waals surface area contributed by atoms with Gasteiger partial charge in [-0.2, -0.15) is 0 Å². The zero-order valence-corrected chi connectivity index (χ0v) is 28.3. The van der Waals surface area contributed by atoms with Gasteiger partial charge < -0.3 is 44.8 Å². The number of rotatable bonds is 10. The van der Waals surface area contributed by atoms with Crippen LogP contribution >= 0.6 is 0 Å². The molecule has 4 aliphatic rings. The second-order valence-electron chi connectivity index (χ2n) is 14.0. The van der Waals surface area contributed by atoms with E-state index in [1.54, 1.807) is 18.2 Å². The lowest BCUT2D eigenvalue weighted by Crippen LogP contribution is -2.34. The maximum Gasteiger partial charge on any atom is 0.161 e. The number of fused-ring (bicyclic) bond motifs is 9. The fourth-order valence-electron chi connectivity index (χ4n) is 8.36. The van der Waals surface area contributed by atoms with Crippen molar-refractivity contribution in [3.63, 3.8) is 0 Å². The van der Waals surface area contributed by atoms with E-state index in [0.29, 0.717) is 67.7 Å². The Labute approximate surface area is 295 Å². The van der Waals surface area contributed by atoms with E-state index in [4.69, 9.17) is 14.2 Å². The van der Waals surface area contributed by atoms with Crippen LogP contribution in [0, 0.1) is 0 Å². The predicted octanol–water partition coefficient (Wildman–Crippen LogP) is 3.08. The molecule has 266 valence electrons. The second-order valence-corrected chi connectivity index (χ2v) is 14.0. The molecule has 4 aromatic rings. The van der Waals surface area contributed by atoms with Crippen LogP contribution in [0.5, 0.6) is 28.7 Å². The van der Waals surface area contributed by atoms with E-state index in [9.17, 15) is 30.6 Å². The van der Waals surface area contributed by atoms with Crippen LogP contribution in [-0.4, -0.2) is 75.8 Å². The first-order valence-corrected chi connectivity index (χ1v) is 17.9. The molecular formula is C41H43NO9. The van der Waals surface area contributed by atoms with Crippen molar-refractivity contribution < 1.29 is 44.8 Å². The predicted molar refractivity (Wildman–Crippen MR) is 189 cm³/mol. The summed E-state index contributed by atoms with van der Waals surface area (Å²) >= 11 is 0. The molecule has 6 N–H and O–H groups in total. The second kappa shape index (κ2) is 13.8. The summed E-state index contributed by atoms with van der Waals surface area (Å²) in [5, 5.41) is 64.7.